The third kappa shape index (κ3) is 1.91. The molecule has 5 nitrogen and oxygen atoms in total. The third-order valence-corrected chi connectivity index (χ3v) is 1.92. The van der Waals surface area contributed by atoms with E-state index in [0.29, 0.717) is 5.39 Å². The maximum Gasteiger partial charge on any atom is 0.279 e. The van der Waals surface area contributed by atoms with Gasteiger partial charge >= 0.3 is 0 Å². The van der Waals surface area contributed by atoms with Crippen LogP contribution in [0, 0.1) is 10.1 Å². The fraction of sp³-hybridized carbons (Fsp3) is 0. The van der Waals surface area contributed by atoms with Gasteiger partial charge in [-0.2, -0.15) is 0 Å². The number of hydrogen-bond donors (Lipinski definition) is 1. The van der Waals surface area contributed by atoms with Gasteiger partial charge in [0.1, 0.15) is 11.3 Å². The summed E-state index contributed by atoms with van der Waals surface area (Å²) in [6, 6.07) is 5.68. The minimum Gasteiger partial charge on any atom is -0.506 e. The van der Waals surface area contributed by atoms with Crippen molar-refractivity contribution >= 4 is 16.6 Å². The summed E-state index contributed by atoms with van der Waals surface area (Å²) in [7, 11) is 0. The molecule has 0 saturated carbocycles. The van der Waals surface area contributed by atoms with Gasteiger partial charge in [-0.05, 0) is 18.2 Å². The summed E-state index contributed by atoms with van der Waals surface area (Å²) >= 11 is 0. The van der Waals surface area contributed by atoms with E-state index in [1.165, 1.54) is 18.3 Å². The SMILES string of the molecule is O=[N+]([O-])c1ccc(O)c2ncccc12.[Fe]. The van der Waals surface area contributed by atoms with E-state index in [1.54, 1.807) is 12.1 Å². The standard InChI is InChI=1S/C9H6N2O3.Fe/c12-8-4-3-7(11(13)14)6-2-1-5-10-9(6)8;/h1-5,12H;. The smallest absolute Gasteiger partial charge is 0.279 e. The van der Waals surface area contributed by atoms with Crippen LogP contribution in [0.3, 0.4) is 0 Å². The molecule has 1 heterocycles. The molecule has 2 rings (SSSR count). The second kappa shape index (κ2) is 4.25. The van der Waals surface area contributed by atoms with Gasteiger partial charge in [-0.15, -0.1) is 0 Å². The molecule has 0 fully saturated rings. The van der Waals surface area contributed by atoms with Crippen LogP contribution in [0.4, 0.5) is 5.69 Å². The topological polar surface area (TPSA) is 76.3 Å². The summed E-state index contributed by atoms with van der Waals surface area (Å²) in [6.07, 6.45) is 1.48. The molecule has 78 valence electrons. The Kier molecular flexibility index (Phi) is 3.24. The Bertz CT molecular complexity index is 516. The molecule has 0 saturated heterocycles. The summed E-state index contributed by atoms with van der Waals surface area (Å²) < 4.78 is 0. The van der Waals surface area contributed by atoms with Gasteiger partial charge in [0.2, 0.25) is 0 Å². The number of aromatic nitrogens is 1. The zero-order valence-electron chi connectivity index (χ0n) is 7.40. The molecule has 0 unspecified atom stereocenters. The largest absolute Gasteiger partial charge is 0.506 e. The first kappa shape index (κ1) is 11.4. The Morgan fingerprint density at radius 3 is 2.73 bits per heavy atom. The van der Waals surface area contributed by atoms with Crippen molar-refractivity contribution < 1.29 is 27.1 Å². The van der Waals surface area contributed by atoms with Gasteiger partial charge in [-0.1, -0.05) is 0 Å². The zero-order valence-corrected chi connectivity index (χ0v) is 8.50. The average molecular weight is 246 g/mol. The van der Waals surface area contributed by atoms with Crippen LogP contribution in [0.1, 0.15) is 0 Å². The van der Waals surface area contributed by atoms with Crippen LogP contribution in [-0.4, -0.2) is 15.0 Å². The molecule has 1 aromatic carbocycles. The average Bonchev–Trinajstić information content (AvgIpc) is 2.18. The number of non-ortho nitro benzene ring substituents is 1. The summed E-state index contributed by atoms with van der Waals surface area (Å²) in [5.74, 6) is -0.0498. The number of nitrogens with zero attached hydrogens (tertiary/aromatic N) is 2. The van der Waals surface area contributed by atoms with Crippen LogP contribution in [0.5, 0.6) is 5.75 Å². The molecule has 0 spiro atoms. The Labute approximate surface area is 95.4 Å². The monoisotopic (exact) mass is 246 g/mol. The number of nitro groups is 1. The van der Waals surface area contributed by atoms with Gasteiger partial charge < -0.3 is 5.11 Å². The van der Waals surface area contributed by atoms with E-state index in [9.17, 15) is 15.2 Å². The van der Waals surface area contributed by atoms with Gasteiger partial charge in [0.05, 0.1) is 10.3 Å². The van der Waals surface area contributed by atoms with E-state index in [2.05, 4.69) is 4.98 Å². The number of fused-ring (bicyclic) bond motifs is 1. The molecule has 0 aliphatic carbocycles. The normalized spacial score (nSPS) is 9.60. The van der Waals surface area contributed by atoms with Crippen molar-refractivity contribution in [2.24, 2.45) is 0 Å². The van der Waals surface area contributed by atoms with Gasteiger partial charge in [0.15, 0.2) is 0 Å². The quantitative estimate of drug-likeness (QED) is 0.473. The molecule has 15 heavy (non-hydrogen) atoms. The Balaban J connectivity index is 0.00000112. The van der Waals surface area contributed by atoms with Crippen LogP contribution >= 0.6 is 0 Å². The molecule has 0 radical (unpaired) electrons. The minimum absolute atomic E-state index is 0. The summed E-state index contributed by atoms with van der Waals surface area (Å²) in [6.45, 7) is 0. The van der Waals surface area contributed by atoms with Gasteiger partial charge in [-0.25, -0.2) is 0 Å². The first-order valence-electron chi connectivity index (χ1n) is 3.91. The molecule has 0 amide bonds. The van der Waals surface area contributed by atoms with Crippen LogP contribution in [-0.2, 0) is 17.1 Å². The van der Waals surface area contributed by atoms with Gasteiger partial charge in [0.25, 0.3) is 5.69 Å². The molecule has 6 heteroatoms. The maximum absolute atomic E-state index is 10.6. The van der Waals surface area contributed by atoms with Crippen LogP contribution in [0.25, 0.3) is 10.9 Å². The fourth-order valence-electron chi connectivity index (χ4n) is 1.30. The molecular weight excluding hydrogens is 240 g/mol. The number of aromatic hydroxyl groups is 1. The number of rotatable bonds is 1. The number of phenolic OH excluding ortho intramolecular Hbond substituents is 1. The molecular formula is C9H6FeN2O3. The predicted octanol–water partition coefficient (Wildman–Crippen LogP) is 1.85. The predicted molar refractivity (Wildman–Crippen MR) is 50.1 cm³/mol. The molecule has 0 aliphatic heterocycles. The molecule has 0 aliphatic rings. The molecule has 1 aromatic heterocycles. The van der Waals surface area contributed by atoms with E-state index < -0.39 is 4.92 Å². The van der Waals surface area contributed by atoms with Crippen LogP contribution in [0.15, 0.2) is 30.5 Å². The summed E-state index contributed by atoms with van der Waals surface area (Å²) in [4.78, 5) is 14.0. The van der Waals surface area contributed by atoms with Crippen molar-refractivity contribution in [3.63, 3.8) is 0 Å². The van der Waals surface area contributed by atoms with Crippen LogP contribution < -0.4 is 0 Å². The molecule has 2 aromatic rings. The van der Waals surface area contributed by atoms with E-state index in [4.69, 9.17) is 0 Å². The molecule has 1 N–H and O–H groups in total. The van der Waals surface area contributed by atoms with Crippen molar-refractivity contribution in [2.75, 3.05) is 0 Å². The molecule has 0 bridgehead atoms. The zero-order chi connectivity index (χ0) is 10.1. The van der Waals surface area contributed by atoms with Crippen molar-refractivity contribution in [3.8, 4) is 5.75 Å². The second-order valence-electron chi connectivity index (χ2n) is 2.76. The van der Waals surface area contributed by atoms with Crippen molar-refractivity contribution in [2.45, 2.75) is 0 Å². The number of nitro benzene ring substituents is 1. The second-order valence-corrected chi connectivity index (χ2v) is 2.76. The van der Waals surface area contributed by atoms with Crippen molar-refractivity contribution in [1.82, 2.24) is 4.98 Å². The summed E-state index contributed by atoms with van der Waals surface area (Å²) in [5.41, 5.74) is 0.201. The van der Waals surface area contributed by atoms with Gasteiger partial charge in [0, 0.05) is 29.3 Å². The first-order chi connectivity index (χ1) is 6.70. The Morgan fingerprint density at radius 1 is 1.33 bits per heavy atom. The van der Waals surface area contributed by atoms with Crippen LogP contribution in [0.2, 0.25) is 0 Å². The number of pyridine rings is 1. The number of benzene rings is 1. The van der Waals surface area contributed by atoms with Crippen molar-refractivity contribution in [3.05, 3.63) is 40.6 Å². The summed E-state index contributed by atoms with van der Waals surface area (Å²) in [5, 5.41) is 20.4. The number of phenols is 1. The minimum atomic E-state index is -0.497. The maximum atomic E-state index is 10.6. The van der Waals surface area contributed by atoms with E-state index >= 15 is 0 Å². The number of hydrogen-bond acceptors (Lipinski definition) is 4. The Hall–Kier alpha value is -1.65. The first-order valence-corrected chi connectivity index (χ1v) is 3.91. The third-order valence-electron chi connectivity index (χ3n) is 1.92. The van der Waals surface area contributed by atoms with E-state index in [-0.39, 0.29) is 34.0 Å². The Morgan fingerprint density at radius 2 is 2.07 bits per heavy atom. The van der Waals surface area contributed by atoms with Gasteiger partial charge in [-0.3, -0.25) is 15.1 Å². The van der Waals surface area contributed by atoms with E-state index in [1.807, 2.05) is 0 Å². The fourth-order valence-corrected chi connectivity index (χ4v) is 1.30. The van der Waals surface area contributed by atoms with Crippen molar-refractivity contribution in [1.29, 1.82) is 0 Å². The molecule has 0 atom stereocenters. The van der Waals surface area contributed by atoms with E-state index in [0.717, 1.165) is 0 Å².